The molecular weight excluding hydrogens is 352 g/mol. The van der Waals surface area contributed by atoms with Gasteiger partial charge in [-0.1, -0.05) is 44.2 Å². The van der Waals surface area contributed by atoms with Crippen molar-refractivity contribution in [2.75, 3.05) is 5.32 Å². The molecule has 0 unspecified atom stereocenters. The van der Waals surface area contributed by atoms with Gasteiger partial charge in [-0.2, -0.15) is 5.10 Å². The van der Waals surface area contributed by atoms with Crippen LogP contribution in [0.15, 0.2) is 60.9 Å². The summed E-state index contributed by atoms with van der Waals surface area (Å²) in [5.74, 6) is -0.564. The first-order valence-electron chi connectivity index (χ1n) is 9.22. The molecule has 2 amide bonds. The third-order valence-electron chi connectivity index (χ3n) is 4.59. The molecule has 0 saturated carbocycles. The number of rotatable bonds is 6. The van der Waals surface area contributed by atoms with E-state index in [4.69, 9.17) is 0 Å². The number of nitrogens with zero attached hydrogens (tertiary/aromatic N) is 1. The number of anilines is 1. The topological polar surface area (TPSA) is 86.9 Å². The van der Waals surface area contributed by atoms with Gasteiger partial charge in [-0.25, -0.2) is 0 Å². The summed E-state index contributed by atoms with van der Waals surface area (Å²) in [6, 6.07) is 14.2. The highest BCUT2D eigenvalue weighted by molar-refractivity contribution is 6.02. The van der Waals surface area contributed by atoms with E-state index in [-0.39, 0.29) is 17.7 Å². The highest BCUT2D eigenvalue weighted by atomic mass is 16.2. The summed E-state index contributed by atoms with van der Waals surface area (Å²) in [7, 11) is 0. The molecule has 28 heavy (non-hydrogen) atoms. The van der Waals surface area contributed by atoms with E-state index in [1.807, 2.05) is 63.2 Å². The smallest absolute Gasteiger partial charge is 0.252 e. The molecule has 0 aliphatic heterocycles. The number of carbonyl (C=O) groups is 2. The number of hydrogen-bond donors (Lipinski definition) is 3. The average Bonchev–Trinajstić information content (AvgIpc) is 3.21. The van der Waals surface area contributed by atoms with Crippen molar-refractivity contribution in [3.8, 4) is 11.1 Å². The number of nitrogens with one attached hydrogen (secondary N) is 3. The van der Waals surface area contributed by atoms with Gasteiger partial charge in [0.15, 0.2) is 0 Å². The van der Waals surface area contributed by atoms with Gasteiger partial charge < -0.3 is 10.6 Å². The number of amides is 2. The summed E-state index contributed by atoms with van der Waals surface area (Å²) in [4.78, 5) is 25.5. The molecule has 1 aromatic heterocycles. The van der Waals surface area contributed by atoms with E-state index < -0.39 is 6.04 Å². The molecule has 0 saturated heterocycles. The Labute approximate surface area is 164 Å². The maximum absolute atomic E-state index is 12.9. The lowest BCUT2D eigenvalue weighted by molar-refractivity contribution is -0.118. The lowest BCUT2D eigenvalue weighted by atomic mass is 10.0. The molecular formula is C22H24N4O2. The Bertz CT molecular complexity index is 964. The number of hydrogen-bond acceptors (Lipinski definition) is 3. The number of benzene rings is 2. The summed E-state index contributed by atoms with van der Waals surface area (Å²) < 4.78 is 0. The van der Waals surface area contributed by atoms with E-state index >= 15 is 0 Å². The number of aromatic nitrogens is 2. The number of aryl methyl sites for hydroxylation is 1. The van der Waals surface area contributed by atoms with Gasteiger partial charge in [-0.15, -0.1) is 0 Å². The SMILES string of the molecule is Cc1ccccc1C(=O)N[C@H](C(=O)Nc1cccc(-c2cn[nH]c2)c1)C(C)C. The Morgan fingerprint density at radius 2 is 1.82 bits per heavy atom. The molecule has 3 N–H and O–H groups in total. The lowest BCUT2D eigenvalue weighted by Crippen LogP contribution is -2.47. The van der Waals surface area contributed by atoms with Crippen LogP contribution in [0.25, 0.3) is 11.1 Å². The summed E-state index contributed by atoms with van der Waals surface area (Å²) in [6.45, 7) is 5.69. The predicted molar refractivity (Wildman–Crippen MR) is 110 cm³/mol. The predicted octanol–water partition coefficient (Wildman–Crippen LogP) is 3.78. The zero-order valence-corrected chi connectivity index (χ0v) is 16.2. The Balaban J connectivity index is 1.74. The molecule has 1 heterocycles. The van der Waals surface area contributed by atoms with Crippen molar-refractivity contribution in [2.45, 2.75) is 26.8 Å². The Morgan fingerprint density at radius 3 is 2.50 bits per heavy atom. The fourth-order valence-electron chi connectivity index (χ4n) is 2.99. The van der Waals surface area contributed by atoms with Crippen LogP contribution in [-0.2, 0) is 4.79 Å². The summed E-state index contributed by atoms with van der Waals surface area (Å²) in [5.41, 5.74) is 3.99. The molecule has 6 heteroatoms. The van der Waals surface area contributed by atoms with Crippen molar-refractivity contribution in [1.82, 2.24) is 15.5 Å². The maximum atomic E-state index is 12.9. The van der Waals surface area contributed by atoms with E-state index in [0.717, 1.165) is 16.7 Å². The minimum Gasteiger partial charge on any atom is -0.340 e. The molecule has 1 atom stereocenters. The molecule has 0 aliphatic rings. The van der Waals surface area contributed by atoms with Crippen LogP contribution in [0.3, 0.4) is 0 Å². The molecule has 0 radical (unpaired) electrons. The number of aromatic amines is 1. The highest BCUT2D eigenvalue weighted by Gasteiger charge is 2.25. The quantitative estimate of drug-likeness (QED) is 0.612. The average molecular weight is 376 g/mol. The van der Waals surface area contributed by atoms with Gasteiger partial charge in [-0.3, -0.25) is 14.7 Å². The van der Waals surface area contributed by atoms with Crippen molar-refractivity contribution >= 4 is 17.5 Å². The fraction of sp³-hybridized carbons (Fsp3) is 0.227. The molecule has 3 rings (SSSR count). The van der Waals surface area contributed by atoms with Crippen LogP contribution >= 0.6 is 0 Å². The third-order valence-corrected chi connectivity index (χ3v) is 4.59. The van der Waals surface area contributed by atoms with Crippen molar-refractivity contribution in [3.63, 3.8) is 0 Å². The van der Waals surface area contributed by atoms with Gasteiger partial charge in [-0.05, 0) is 42.2 Å². The van der Waals surface area contributed by atoms with Crippen LogP contribution < -0.4 is 10.6 Å². The van der Waals surface area contributed by atoms with Crippen LogP contribution in [0.2, 0.25) is 0 Å². The van der Waals surface area contributed by atoms with E-state index in [1.165, 1.54) is 0 Å². The molecule has 3 aromatic rings. The molecule has 0 spiro atoms. The van der Waals surface area contributed by atoms with Gasteiger partial charge in [0.05, 0.1) is 6.20 Å². The first-order valence-corrected chi connectivity index (χ1v) is 9.22. The van der Waals surface area contributed by atoms with Gasteiger partial charge >= 0.3 is 0 Å². The zero-order valence-electron chi connectivity index (χ0n) is 16.2. The van der Waals surface area contributed by atoms with Crippen LogP contribution in [0, 0.1) is 12.8 Å². The number of H-pyrrole nitrogens is 1. The van der Waals surface area contributed by atoms with Crippen molar-refractivity contribution < 1.29 is 9.59 Å². The van der Waals surface area contributed by atoms with Gasteiger partial charge in [0, 0.05) is 23.0 Å². The van der Waals surface area contributed by atoms with E-state index in [9.17, 15) is 9.59 Å². The van der Waals surface area contributed by atoms with E-state index in [2.05, 4.69) is 20.8 Å². The van der Waals surface area contributed by atoms with Gasteiger partial charge in [0.2, 0.25) is 5.91 Å². The Morgan fingerprint density at radius 1 is 1.04 bits per heavy atom. The van der Waals surface area contributed by atoms with Gasteiger partial charge in [0.1, 0.15) is 6.04 Å². The highest BCUT2D eigenvalue weighted by Crippen LogP contribution is 2.22. The van der Waals surface area contributed by atoms with Crippen LogP contribution in [0.4, 0.5) is 5.69 Å². The molecule has 0 bridgehead atoms. The van der Waals surface area contributed by atoms with Crippen molar-refractivity contribution in [1.29, 1.82) is 0 Å². The minimum absolute atomic E-state index is 0.0648. The summed E-state index contributed by atoms with van der Waals surface area (Å²) in [6.07, 6.45) is 3.51. The standard InChI is InChI=1S/C22H24N4O2/c1-14(2)20(26-21(27)19-10-5-4-7-15(19)3)22(28)25-18-9-6-8-16(11-18)17-12-23-24-13-17/h4-14,20H,1-3H3,(H,23,24)(H,25,28)(H,26,27)/t20-/m0/s1. The van der Waals surface area contributed by atoms with Crippen LogP contribution in [0.5, 0.6) is 0 Å². The lowest BCUT2D eigenvalue weighted by Gasteiger charge is -2.22. The minimum atomic E-state index is -0.648. The van der Waals surface area contributed by atoms with E-state index in [0.29, 0.717) is 11.3 Å². The monoisotopic (exact) mass is 376 g/mol. The number of carbonyl (C=O) groups excluding carboxylic acids is 2. The first kappa shape index (κ1) is 19.4. The first-order chi connectivity index (χ1) is 13.5. The summed E-state index contributed by atoms with van der Waals surface area (Å²) in [5, 5.41) is 12.5. The van der Waals surface area contributed by atoms with Crippen molar-refractivity contribution in [2.24, 2.45) is 5.92 Å². The molecule has 144 valence electrons. The second kappa shape index (κ2) is 8.52. The molecule has 0 fully saturated rings. The Kier molecular flexibility index (Phi) is 5.89. The summed E-state index contributed by atoms with van der Waals surface area (Å²) >= 11 is 0. The Hall–Kier alpha value is -3.41. The van der Waals surface area contributed by atoms with Crippen molar-refractivity contribution in [3.05, 3.63) is 72.1 Å². The zero-order chi connectivity index (χ0) is 20.1. The second-order valence-electron chi connectivity index (χ2n) is 7.07. The molecule has 0 aliphatic carbocycles. The molecule has 6 nitrogen and oxygen atoms in total. The normalized spacial score (nSPS) is 11.9. The molecule has 2 aromatic carbocycles. The third kappa shape index (κ3) is 4.46. The maximum Gasteiger partial charge on any atom is 0.252 e. The van der Waals surface area contributed by atoms with Crippen LogP contribution in [0.1, 0.15) is 29.8 Å². The fourth-order valence-corrected chi connectivity index (χ4v) is 2.99. The van der Waals surface area contributed by atoms with Gasteiger partial charge in [0.25, 0.3) is 5.91 Å². The van der Waals surface area contributed by atoms with E-state index in [1.54, 1.807) is 18.5 Å². The second-order valence-corrected chi connectivity index (χ2v) is 7.07. The largest absolute Gasteiger partial charge is 0.340 e. The van der Waals surface area contributed by atoms with Crippen LogP contribution in [-0.4, -0.2) is 28.1 Å².